The molecule has 7 nitrogen and oxygen atoms in total. The minimum Gasteiger partial charge on any atom is -0.497 e. The molecule has 0 aromatic heterocycles. The van der Waals surface area contributed by atoms with Crippen LogP contribution in [-0.2, 0) is 20.9 Å². The highest BCUT2D eigenvalue weighted by Gasteiger charge is 2.41. The van der Waals surface area contributed by atoms with Gasteiger partial charge in [0.2, 0.25) is 5.91 Å². The maximum atomic E-state index is 12.6. The van der Waals surface area contributed by atoms with Crippen molar-refractivity contribution in [2.45, 2.75) is 25.0 Å². The van der Waals surface area contributed by atoms with Crippen LogP contribution >= 0.6 is 11.8 Å². The number of esters is 1. The molecule has 0 radical (unpaired) electrons. The number of carbonyl (C=O) groups excluding carboxylic acids is 2. The predicted molar refractivity (Wildman–Crippen MR) is 110 cm³/mol. The van der Waals surface area contributed by atoms with Crippen molar-refractivity contribution in [3.05, 3.63) is 36.4 Å². The number of ether oxygens (including phenoxy) is 3. The highest BCUT2D eigenvalue weighted by atomic mass is 32.2. The monoisotopic (exact) mass is 408 g/mol. The smallest absolute Gasteiger partial charge is 0.328 e. The van der Waals surface area contributed by atoms with Crippen LogP contribution in [0.5, 0.6) is 11.5 Å². The van der Waals surface area contributed by atoms with Gasteiger partial charge in [0, 0.05) is 19.2 Å². The number of methoxy groups -OCH3 is 2. The van der Waals surface area contributed by atoms with Crippen molar-refractivity contribution in [1.82, 2.24) is 10.2 Å². The van der Waals surface area contributed by atoms with Crippen molar-refractivity contribution in [1.29, 1.82) is 0 Å². The third-order valence-electron chi connectivity index (χ3n) is 4.37. The zero-order chi connectivity index (χ0) is 20.5. The Morgan fingerprint density at radius 2 is 2.00 bits per heavy atom. The summed E-state index contributed by atoms with van der Waals surface area (Å²) in [4.78, 5) is 26.7. The Morgan fingerprint density at radius 1 is 1.32 bits per heavy atom. The molecule has 1 saturated heterocycles. The van der Waals surface area contributed by atoms with E-state index < -0.39 is 12.0 Å². The molecule has 0 bridgehead atoms. The normalized spacial score (nSPS) is 18.7. The summed E-state index contributed by atoms with van der Waals surface area (Å²) < 4.78 is 15.7. The summed E-state index contributed by atoms with van der Waals surface area (Å²) in [5, 5.41) is 2.83. The number of hydrogen-bond donors (Lipinski definition) is 1. The van der Waals surface area contributed by atoms with Gasteiger partial charge in [0.25, 0.3) is 0 Å². The lowest BCUT2D eigenvalue weighted by Crippen LogP contribution is -2.44. The molecule has 1 aromatic carbocycles. The van der Waals surface area contributed by atoms with Crippen LogP contribution in [0.25, 0.3) is 0 Å². The van der Waals surface area contributed by atoms with E-state index in [1.807, 2.05) is 23.3 Å². The molecule has 1 aliphatic heterocycles. The molecule has 2 rings (SSSR count). The van der Waals surface area contributed by atoms with E-state index in [1.165, 1.54) is 6.08 Å². The number of hydrogen-bond acceptors (Lipinski definition) is 7. The van der Waals surface area contributed by atoms with E-state index >= 15 is 0 Å². The Kier molecular flexibility index (Phi) is 8.66. The van der Waals surface area contributed by atoms with Crippen LogP contribution in [0, 0.1) is 0 Å². The number of nitrogens with one attached hydrogen (secondary N) is 1. The fourth-order valence-electron chi connectivity index (χ4n) is 2.78. The predicted octanol–water partition coefficient (Wildman–Crippen LogP) is 1.86. The van der Waals surface area contributed by atoms with Crippen LogP contribution in [0.1, 0.15) is 12.0 Å². The molecule has 154 valence electrons. The Balaban J connectivity index is 1.92. The average molecular weight is 409 g/mol. The molecular weight excluding hydrogens is 380 g/mol. The fraction of sp³-hybridized carbons (Fsp3) is 0.500. The van der Waals surface area contributed by atoms with Crippen molar-refractivity contribution in [2.24, 2.45) is 0 Å². The van der Waals surface area contributed by atoms with Gasteiger partial charge in [-0.25, -0.2) is 4.79 Å². The van der Waals surface area contributed by atoms with Crippen LogP contribution in [0.4, 0.5) is 0 Å². The van der Waals surface area contributed by atoms with Gasteiger partial charge in [-0.3, -0.25) is 9.69 Å². The standard InChI is InChI=1S/C20H28N2O5S/c1-5-7-27-20(24)17(6-8-28-4)21-19(23)18-13-22(18)12-14-9-15(25-2)11-16(10-14)26-3/h5,9-11,17-18H,1,6-8,12-13H2,2-4H3,(H,21,23). The number of carbonyl (C=O) groups is 2. The number of benzene rings is 1. The van der Waals surface area contributed by atoms with E-state index in [4.69, 9.17) is 14.2 Å². The van der Waals surface area contributed by atoms with Gasteiger partial charge in [-0.15, -0.1) is 0 Å². The molecule has 1 heterocycles. The maximum absolute atomic E-state index is 12.6. The molecule has 0 saturated carbocycles. The zero-order valence-corrected chi connectivity index (χ0v) is 17.4. The summed E-state index contributed by atoms with van der Waals surface area (Å²) in [5.74, 6) is 1.59. The topological polar surface area (TPSA) is 76.9 Å². The fourth-order valence-corrected chi connectivity index (χ4v) is 3.26. The second-order valence-corrected chi connectivity index (χ2v) is 7.41. The van der Waals surface area contributed by atoms with Crippen LogP contribution in [-0.4, -0.2) is 68.2 Å². The second kappa shape index (κ2) is 11.0. The summed E-state index contributed by atoms with van der Waals surface area (Å²) in [5.41, 5.74) is 0.996. The minimum atomic E-state index is -0.640. The van der Waals surface area contributed by atoms with Gasteiger partial charge < -0.3 is 19.5 Å². The van der Waals surface area contributed by atoms with E-state index in [0.717, 1.165) is 11.3 Å². The molecule has 1 N–H and O–H groups in total. The lowest BCUT2D eigenvalue weighted by molar-refractivity contribution is -0.146. The highest BCUT2D eigenvalue weighted by Crippen LogP contribution is 2.27. The van der Waals surface area contributed by atoms with Crippen LogP contribution in [0.2, 0.25) is 0 Å². The molecule has 3 atom stereocenters. The van der Waals surface area contributed by atoms with Gasteiger partial charge in [0.15, 0.2) is 0 Å². The van der Waals surface area contributed by atoms with Gasteiger partial charge >= 0.3 is 5.97 Å². The number of nitrogens with zero attached hydrogens (tertiary/aromatic N) is 1. The summed E-state index contributed by atoms with van der Waals surface area (Å²) in [6, 6.07) is 4.76. The van der Waals surface area contributed by atoms with E-state index in [9.17, 15) is 9.59 Å². The molecule has 1 aromatic rings. The van der Waals surface area contributed by atoms with Gasteiger partial charge in [-0.2, -0.15) is 11.8 Å². The van der Waals surface area contributed by atoms with E-state index in [0.29, 0.717) is 31.0 Å². The highest BCUT2D eigenvalue weighted by molar-refractivity contribution is 7.98. The first-order valence-electron chi connectivity index (χ1n) is 9.05. The van der Waals surface area contributed by atoms with Crippen molar-refractivity contribution in [3.63, 3.8) is 0 Å². The first-order valence-corrected chi connectivity index (χ1v) is 10.4. The Bertz CT molecular complexity index is 675. The zero-order valence-electron chi connectivity index (χ0n) is 16.6. The van der Waals surface area contributed by atoms with Crippen LogP contribution in [0.3, 0.4) is 0 Å². The molecule has 28 heavy (non-hydrogen) atoms. The van der Waals surface area contributed by atoms with E-state index in [-0.39, 0.29) is 18.6 Å². The van der Waals surface area contributed by atoms with Crippen molar-refractivity contribution >= 4 is 23.6 Å². The summed E-state index contributed by atoms with van der Waals surface area (Å²) in [6.07, 6.45) is 4.00. The second-order valence-electron chi connectivity index (χ2n) is 6.43. The van der Waals surface area contributed by atoms with E-state index in [2.05, 4.69) is 11.9 Å². The molecule has 3 unspecified atom stereocenters. The molecule has 1 aliphatic rings. The Morgan fingerprint density at radius 3 is 2.57 bits per heavy atom. The maximum Gasteiger partial charge on any atom is 0.328 e. The largest absolute Gasteiger partial charge is 0.497 e. The summed E-state index contributed by atoms with van der Waals surface area (Å²) in [6.45, 7) is 4.91. The molecule has 0 aliphatic carbocycles. The SMILES string of the molecule is C=CCOC(=O)C(CCSC)NC(=O)C1CN1Cc1cc(OC)cc(OC)c1. The third-order valence-corrected chi connectivity index (χ3v) is 5.01. The first-order chi connectivity index (χ1) is 13.5. The number of rotatable bonds is 12. The summed E-state index contributed by atoms with van der Waals surface area (Å²) >= 11 is 1.62. The lowest BCUT2D eigenvalue weighted by Gasteiger charge is -2.17. The molecule has 8 heteroatoms. The lowest BCUT2D eigenvalue weighted by atomic mass is 10.2. The Labute approximate surface area is 170 Å². The molecular formula is C20H28N2O5S. The molecule has 0 spiro atoms. The van der Waals surface area contributed by atoms with E-state index in [1.54, 1.807) is 32.0 Å². The summed E-state index contributed by atoms with van der Waals surface area (Å²) in [7, 11) is 3.21. The Hall–Kier alpha value is -2.19. The molecule has 1 amide bonds. The van der Waals surface area contributed by atoms with Crippen LogP contribution < -0.4 is 14.8 Å². The first kappa shape index (κ1) is 22.1. The molecule has 1 fully saturated rings. The number of amides is 1. The van der Waals surface area contributed by atoms with Crippen molar-refractivity contribution in [2.75, 3.05) is 39.4 Å². The van der Waals surface area contributed by atoms with Gasteiger partial charge in [-0.05, 0) is 36.1 Å². The van der Waals surface area contributed by atoms with Crippen molar-refractivity contribution < 1.29 is 23.8 Å². The van der Waals surface area contributed by atoms with Gasteiger partial charge in [0.1, 0.15) is 30.2 Å². The quantitative estimate of drug-likeness (QED) is 0.321. The average Bonchev–Trinajstić information content (AvgIpc) is 3.47. The van der Waals surface area contributed by atoms with Gasteiger partial charge in [-0.1, -0.05) is 12.7 Å². The minimum absolute atomic E-state index is 0.137. The van der Waals surface area contributed by atoms with Crippen molar-refractivity contribution in [3.8, 4) is 11.5 Å². The third kappa shape index (κ3) is 6.45. The van der Waals surface area contributed by atoms with Crippen LogP contribution in [0.15, 0.2) is 30.9 Å². The van der Waals surface area contributed by atoms with Gasteiger partial charge in [0.05, 0.1) is 14.2 Å². The number of thioether (sulfide) groups is 1.